The van der Waals surface area contributed by atoms with E-state index in [0.29, 0.717) is 28.4 Å². The van der Waals surface area contributed by atoms with Crippen molar-refractivity contribution in [1.29, 1.82) is 5.26 Å². The van der Waals surface area contributed by atoms with Crippen molar-refractivity contribution < 1.29 is 13.2 Å². The normalized spacial score (nSPS) is 11.4. The number of benzene rings is 1. The number of alkyl halides is 3. The Morgan fingerprint density at radius 1 is 1.30 bits per heavy atom. The van der Waals surface area contributed by atoms with Crippen molar-refractivity contribution in [3.63, 3.8) is 0 Å². The lowest BCUT2D eigenvalue weighted by Gasteiger charge is -2.07. The van der Waals surface area contributed by atoms with Crippen molar-refractivity contribution in [2.75, 3.05) is 0 Å². The predicted molar refractivity (Wildman–Crippen MR) is 78.6 cm³/mol. The lowest BCUT2D eigenvalue weighted by Crippen LogP contribution is -2.04. The number of thiazole rings is 1. The molecule has 2 aromatic heterocycles. The Bertz CT molecular complexity index is 873. The predicted octanol–water partition coefficient (Wildman–Crippen LogP) is 3.95. The van der Waals surface area contributed by atoms with E-state index in [2.05, 4.69) is 10.1 Å². The van der Waals surface area contributed by atoms with Crippen molar-refractivity contribution in [2.24, 2.45) is 0 Å². The molecule has 8 heteroatoms. The van der Waals surface area contributed by atoms with Crippen molar-refractivity contribution >= 4 is 11.3 Å². The van der Waals surface area contributed by atoms with Gasteiger partial charge in [0.05, 0.1) is 29.6 Å². The molecule has 0 N–H and O–H groups in total. The first-order chi connectivity index (χ1) is 11.0. The average Bonchev–Trinajstić information content (AvgIpc) is 3.16. The van der Waals surface area contributed by atoms with Crippen molar-refractivity contribution in [3.8, 4) is 17.3 Å². The Labute approximate surface area is 133 Å². The summed E-state index contributed by atoms with van der Waals surface area (Å²) >= 11 is 1.33. The zero-order valence-electron chi connectivity index (χ0n) is 11.6. The number of halogens is 3. The van der Waals surface area contributed by atoms with E-state index in [0.717, 1.165) is 12.1 Å². The van der Waals surface area contributed by atoms with Crippen molar-refractivity contribution in [2.45, 2.75) is 12.7 Å². The molecule has 0 unspecified atom stereocenters. The molecule has 0 aliphatic carbocycles. The Morgan fingerprint density at radius 2 is 2.13 bits per heavy atom. The van der Waals surface area contributed by atoms with E-state index >= 15 is 0 Å². The molecule has 0 aliphatic heterocycles. The molecule has 0 saturated heterocycles. The van der Waals surface area contributed by atoms with E-state index in [9.17, 15) is 13.2 Å². The minimum Gasteiger partial charge on any atom is -0.265 e. The van der Waals surface area contributed by atoms with Crippen LogP contribution in [0, 0.1) is 11.3 Å². The summed E-state index contributed by atoms with van der Waals surface area (Å²) in [5.41, 5.74) is 0.652. The molecule has 0 saturated carbocycles. The number of hydrogen-bond acceptors (Lipinski definition) is 4. The van der Waals surface area contributed by atoms with Gasteiger partial charge >= 0.3 is 6.18 Å². The average molecular weight is 334 g/mol. The lowest BCUT2D eigenvalue weighted by molar-refractivity contribution is -0.137. The van der Waals surface area contributed by atoms with Gasteiger partial charge in [0.2, 0.25) is 0 Å². The fourth-order valence-electron chi connectivity index (χ4n) is 2.02. The maximum atomic E-state index is 12.8. The maximum Gasteiger partial charge on any atom is 0.416 e. The fraction of sp³-hybridized carbons (Fsp3) is 0.133. The Balaban J connectivity index is 1.83. The number of rotatable bonds is 3. The van der Waals surface area contributed by atoms with Crippen molar-refractivity contribution in [3.05, 3.63) is 58.2 Å². The molecule has 3 rings (SSSR count). The second-order valence-corrected chi connectivity index (χ2v) is 5.69. The summed E-state index contributed by atoms with van der Waals surface area (Å²) in [5.74, 6) is 0. The van der Waals surface area contributed by atoms with E-state index in [-0.39, 0.29) is 0 Å². The third-order valence-corrected chi connectivity index (χ3v) is 3.93. The molecule has 0 amide bonds. The van der Waals surface area contributed by atoms with Gasteiger partial charge in [0, 0.05) is 17.1 Å². The van der Waals surface area contributed by atoms with Gasteiger partial charge in [0.25, 0.3) is 0 Å². The van der Waals surface area contributed by atoms with Crippen LogP contribution in [0.3, 0.4) is 0 Å². The van der Waals surface area contributed by atoms with Crippen LogP contribution in [0.15, 0.2) is 42.0 Å². The molecule has 23 heavy (non-hydrogen) atoms. The van der Waals surface area contributed by atoms with Gasteiger partial charge in [-0.2, -0.15) is 23.5 Å². The monoisotopic (exact) mass is 334 g/mol. The summed E-state index contributed by atoms with van der Waals surface area (Å²) in [6.45, 7) is 0.366. The summed E-state index contributed by atoms with van der Waals surface area (Å²) < 4.78 is 39.8. The summed E-state index contributed by atoms with van der Waals surface area (Å²) in [6, 6.07) is 7.05. The molecular formula is C15H9F3N4S. The summed E-state index contributed by atoms with van der Waals surface area (Å²) in [7, 11) is 0. The highest BCUT2D eigenvalue weighted by molar-refractivity contribution is 7.09. The molecule has 0 spiro atoms. The highest BCUT2D eigenvalue weighted by Crippen LogP contribution is 2.32. The van der Waals surface area contributed by atoms with Gasteiger partial charge in [0.15, 0.2) is 0 Å². The van der Waals surface area contributed by atoms with E-state index in [4.69, 9.17) is 5.26 Å². The van der Waals surface area contributed by atoms with Crippen LogP contribution in [0.2, 0.25) is 0 Å². The number of nitriles is 1. The minimum atomic E-state index is -4.38. The molecule has 0 atom stereocenters. The van der Waals surface area contributed by atoms with Gasteiger partial charge in [-0.1, -0.05) is 12.1 Å². The van der Waals surface area contributed by atoms with Crippen LogP contribution in [0.25, 0.3) is 11.3 Å². The maximum absolute atomic E-state index is 12.8. The van der Waals surface area contributed by atoms with Crippen LogP contribution in [-0.2, 0) is 12.7 Å². The summed E-state index contributed by atoms with van der Waals surface area (Å²) in [5, 5.41) is 15.2. The van der Waals surface area contributed by atoms with Gasteiger partial charge in [-0.05, 0) is 12.1 Å². The largest absolute Gasteiger partial charge is 0.416 e. The minimum absolute atomic E-state index is 0.366. The first-order valence-electron chi connectivity index (χ1n) is 6.50. The van der Waals surface area contributed by atoms with Gasteiger partial charge in [-0.15, -0.1) is 11.3 Å². The third kappa shape index (κ3) is 3.40. The van der Waals surface area contributed by atoms with Crippen molar-refractivity contribution in [1.82, 2.24) is 14.8 Å². The number of nitrogens with zero attached hydrogens (tertiary/aromatic N) is 4. The lowest BCUT2D eigenvalue weighted by atomic mass is 10.1. The SMILES string of the molecule is N#Cc1cnn(Cc2nc(-c3cccc(C(F)(F)F)c3)cs2)c1. The summed E-state index contributed by atoms with van der Waals surface area (Å²) in [4.78, 5) is 4.34. The fourth-order valence-corrected chi connectivity index (χ4v) is 2.81. The smallest absolute Gasteiger partial charge is 0.265 e. The van der Waals surface area contributed by atoms with E-state index in [1.165, 1.54) is 23.6 Å². The van der Waals surface area contributed by atoms with Gasteiger partial charge < -0.3 is 0 Å². The standard InChI is InChI=1S/C15H9F3N4S/c16-15(17,18)12-3-1-2-11(4-12)13-9-23-14(21-13)8-22-7-10(5-19)6-20-22/h1-4,6-7,9H,8H2. The molecule has 0 bridgehead atoms. The third-order valence-electron chi connectivity index (χ3n) is 3.10. The first-order valence-corrected chi connectivity index (χ1v) is 7.38. The second kappa shape index (κ2) is 5.85. The molecule has 3 aromatic rings. The Hall–Kier alpha value is -2.66. The van der Waals surface area contributed by atoms with Gasteiger partial charge in [-0.3, -0.25) is 4.68 Å². The van der Waals surface area contributed by atoms with Crippen LogP contribution in [-0.4, -0.2) is 14.8 Å². The van der Waals surface area contributed by atoms with Gasteiger partial charge in [-0.25, -0.2) is 4.98 Å². The molecular weight excluding hydrogens is 325 g/mol. The number of hydrogen-bond donors (Lipinski definition) is 0. The molecule has 0 fully saturated rings. The Morgan fingerprint density at radius 3 is 2.83 bits per heavy atom. The van der Waals surface area contributed by atoms with E-state index in [1.54, 1.807) is 22.3 Å². The molecule has 0 aliphatic rings. The quantitative estimate of drug-likeness (QED) is 0.729. The second-order valence-electron chi connectivity index (χ2n) is 4.74. The molecule has 0 radical (unpaired) electrons. The molecule has 2 heterocycles. The Kier molecular flexibility index (Phi) is 3.88. The molecule has 116 valence electrons. The molecule has 4 nitrogen and oxygen atoms in total. The topological polar surface area (TPSA) is 54.5 Å². The highest BCUT2D eigenvalue weighted by Gasteiger charge is 2.30. The number of aromatic nitrogens is 3. The summed E-state index contributed by atoms with van der Waals surface area (Å²) in [6.07, 6.45) is -1.34. The van der Waals surface area contributed by atoms with Crippen LogP contribution in [0.1, 0.15) is 16.1 Å². The zero-order valence-corrected chi connectivity index (χ0v) is 12.4. The zero-order chi connectivity index (χ0) is 16.4. The van der Waals surface area contributed by atoms with Crippen LogP contribution < -0.4 is 0 Å². The van der Waals surface area contributed by atoms with E-state index in [1.807, 2.05) is 6.07 Å². The van der Waals surface area contributed by atoms with Crippen LogP contribution in [0.4, 0.5) is 13.2 Å². The highest BCUT2D eigenvalue weighted by atomic mass is 32.1. The first kappa shape index (κ1) is 15.2. The van der Waals surface area contributed by atoms with E-state index < -0.39 is 11.7 Å². The van der Waals surface area contributed by atoms with Gasteiger partial charge in [0.1, 0.15) is 11.1 Å². The van der Waals surface area contributed by atoms with Crippen LogP contribution >= 0.6 is 11.3 Å². The van der Waals surface area contributed by atoms with Crippen LogP contribution in [0.5, 0.6) is 0 Å². The molecule has 1 aromatic carbocycles.